The highest BCUT2D eigenvalue weighted by Gasteiger charge is 2.77. The van der Waals surface area contributed by atoms with Gasteiger partial charge in [-0.05, 0) is 42.2 Å². The summed E-state index contributed by atoms with van der Waals surface area (Å²) in [5, 5.41) is 25.3. The zero-order valence-electron chi connectivity index (χ0n) is 18.5. The van der Waals surface area contributed by atoms with E-state index in [1.807, 2.05) is 54.6 Å². The maximum Gasteiger partial charge on any atom is 0.181 e. The molecule has 6 atom stereocenters. The lowest BCUT2D eigenvalue weighted by Crippen LogP contribution is -2.53. The third-order valence-electron chi connectivity index (χ3n) is 7.22. The van der Waals surface area contributed by atoms with Crippen LogP contribution < -0.4 is 4.74 Å². The van der Waals surface area contributed by atoms with Crippen molar-refractivity contribution in [2.24, 2.45) is 11.8 Å². The van der Waals surface area contributed by atoms with Crippen molar-refractivity contribution in [1.82, 2.24) is 9.97 Å². The fraction of sp³-hybridized carbons (Fsp3) is 0.259. The molecular formula is C27H22BrClN2O3S. The Hall–Kier alpha value is -2.16. The van der Waals surface area contributed by atoms with E-state index in [4.69, 9.17) is 16.3 Å². The van der Waals surface area contributed by atoms with Gasteiger partial charge in [-0.1, -0.05) is 81.8 Å². The minimum absolute atomic E-state index is 0.00156. The van der Waals surface area contributed by atoms with Crippen LogP contribution in [0.5, 0.6) is 5.75 Å². The molecule has 3 heterocycles. The maximum atomic E-state index is 12.6. The second-order valence-corrected chi connectivity index (χ2v) is 11.6. The van der Waals surface area contributed by atoms with E-state index in [1.165, 1.54) is 18.0 Å². The predicted octanol–water partition coefficient (Wildman–Crippen LogP) is 5.65. The van der Waals surface area contributed by atoms with Crippen molar-refractivity contribution in [1.29, 1.82) is 0 Å². The Morgan fingerprint density at radius 2 is 1.94 bits per heavy atom. The van der Waals surface area contributed by atoms with Crippen LogP contribution in [0.4, 0.5) is 0 Å². The molecule has 5 nitrogen and oxygen atoms in total. The molecule has 35 heavy (non-hydrogen) atoms. The van der Waals surface area contributed by atoms with Gasteiger partial charge in [-0.3, -0.25) is 4.98 Å². The third kappa shape index (κ3) is 3.44. The van der Waals surface area contributed by atoms with Crippen molar-refractivity contribution in [3.63, 3.8) is 0 Å². The standard InChI is InChI=1S/C27H22BrClN2O3S/c28-18-11-9-17(10-12-18)27-22(16-6-2-1-3-7-16)23(35-21-8-4-5-13-30-21)25(32)26(27,33)24-20(34-27)14-19(29)15-31-24/h1-6,8-16,22-23,25,32-33H,7H2/t16?,22-,23-,25-,26+,27+/m1/s1. The number of hydrogen-bond acceptors (Lipinski definition) is 6. The summed E-state index contributed by atoms with van der Waals surface area (Å²) >= 11 is 11.3. The second-order valence-electron chi connectivity index (χ2n) is 9.04. The van der Waals surface area contributed by atoms with Crippen molar-refractivity contribution >= 4 is 39.3 Å². The van der Waals surface area contributed by atoms with E-state index in [2.05, 4.69) is 38.0 Å². The highest BCUT2D eigenvalue weighted by Crippen LogP contribution is 2.67. The van der Waals surface area contributed by atoms with E-state index in [9.17, 15) is 10.2 Å². The summed E-state index contributed by atoms with van der Waals surface area (Å²) in [5.41, 5.74) is -2.01. The topological polar surface area (TPSA) is 75.5 Å². The Morgan fingerprint density at radius 3 is 2.66 bits per heavy atom. The smallest absolute Gasteiger partial charge is 0.181 e. The fourth-order valence-corrected chi connectivity index (χ4v) is 7.67. The number of hydrogen-bond donors (Lipinski definition) is 2. The average Bonchev–Trinajstić information content (AvgIpc) is 3.23. The van der Waals surface area contributed by atoms with E-state index < -0.39 is 22.6 Å². The van der Waals surface area contributed by atoms with Crippen LogP contribution in [0, 0.1) is 11.8 Å². The molecule has 2 aliphatic carbocycles. The monoisotopic (exact) mass is 568 g/mol. The van der Waals surface area contributed by atoms with Gasteiger partial charge in [-0.15, -0.1) is 0 Å². The molecule has 178 valence electrons. The van der Waals surface area contributed by atoms with Crippen LogP contribution in [0.2, 0.25) is 5.02 Å². The van der Waals surface area contributed by atoms with Gasteiger partial charge in [0.25, 0.3) is 0 Å². The van der Waals surface area contributed by atoms with Gasteiger partial charge in [0.05, 0.1) is 10.0 Å². The summed E-state index contributed by atoms with van der Waals surface area (Å²) < 4.78 is 7.68. The number of fused-ring (bicyclic) bond motifs is 3. The normalized spacial score (nSPS) is 32.8. The first-order valence-electron chi connectivity index (χ1n) is 11.4. The van der Waals surface area contributed by atoms with Crippen molar-refractivity contribution in [2.45, 2.75) is 34.0 Å². The first-order valence-corrected chi connectivity index (χ1v) is 13.4. The predicted molar refractivity (Wildman–Crippen MR) is 139 cm³/mol. The van der Waals surface area contributed by atoms with Gasteiger partial charge in [-0.25, -0.2) is 4.98 Å². The Kier molecular flexibility index (Phi) is 5.81. The van der Waals surface area contributed by atoms with Crippen LogP contribution in [-0.4, -0.2) is 31.5 Å². The molecule has 1 saturated carbocycles. The number of halogens is 2. The van der Waals surface area contributed by atoms with Gasteiger partial charge >= 0.3 is 0 Å². The fourth-order valence-electron chi connectivity index (χ4n) is 5.83. The molecule has 0 amide bonds. The molecule has 3 aliphatic rings. The zero-order chi connectivity index (χ0) is 24.2. The van der Waals surface area contributed by atoms with Crippen LogP contribution in [0.15, 0.2) is 94.7 Å². The van der Waals surface area contributed by atoms with Crippen molar-refractivity contribution in [3.8, 4) is 5.75 Å². The lowest BCUT2D eigenvalue weighted by molar-refractivity contribution is -0.161. The molecule has 1 aromatic carbocycles. The molecule has 0 spiro atoms. The average molecular weight is 570 g/mol. The van der Waals surface area contributed by atoms with Crippen molar-refractivity contribution < 1.29 is 14.9 Å². The molecule has 0 bridgehead atoms. The van der Waals surface area contributed by atoms with Gasteiger partial charge in [-0.2, -0.15) is 0 Å². The van der Waals surface area contributed by atoms with Crippen molar-refractivity contribution in [3.05, 3.63) is 106 Å². The van der Waals surface area contributed by atoms with E-state index >= 15 is 0 Å². The Balaban J connectivity index is 1.60. The molecule has 3 aromatic rings. The SMILES string of the molecule is O[C@@H]1[C@H](Sc2ccccn2)[C@@H](C2C=CC=CC2)[C@]2(c3ccc(Br)cc3)Oc3cc(Cl)cnc3[C@]12O. The summed E-state index contributed by atoms with van der Waals surface area (Å²) in [6.45, 7) is 0. The molecule has 1 fully saturated rings. The first kappa shape index (κ1) is 23.3. The number of rotatable bonds is 4. The molecule has 0 radical (unpaired) electrons. The number of thioether (sulfide) groups is 1. The Morgan fingerprint density at radius 1 is 1.11 bits per heavy atom. The maximum absolute atomic E-state index is 12.6. The summed E-state index contributed by atoms with van der Waals surface area (Å²) in [6, 6.07) is 15.1. The minimum atomic E-state index is -1.80. The number of benzene rings is 1. The molecular weight excluding hydrogens is 548 g/mol. The molecule has 6 rings (SSSR count). The summed E-state index contributed by atoms with van der Waals surface area (Å²) in [7, 11) is 0. The molecule has 1 aliphatic heterocycles. The number of allylic oxidation sites excluding steroid dienone is 4. The Bertz CT molecular complexity index is 1320. The van der Waals surface area contributed by atoms with E-state index in [-0.39, 0.29) is 11.8 Å². The van der Waals surface area contributed by atoms with Gasteiger partial charge in [0, 0.05) is 34.1 Å². The van der Waals surface area contributed by atoms with E-state index in [0.29, 0.717) is 16.5 Å². The van der Waals surface area contributed by atoms with E-state index in [0.717, 1.165) is 21.5 Å². The van der Waals surface area contributed by atoms with Gasteiger partial charge in [0.15, 0.2) is 11.2 Å². The van der Waals surface area contributed by atoms with Crippen LogP contribution in [-0.2, 0) is 11.2 Å². The first-order chi connectivity index (χ1) is 16.9. The highest BCUT2D eigenvalue weighted by atomic mass is 79.9. The molecule has 8 heteroatoms. The minimum Gasteiger partial charge on any atom is -0.477 e. The van der Waals surface area contributed by atoms with Gasteiger partial charge < -0.3 is 14.9 Å². The summed E-state index contributed by atoms with van der Waals surface area (Å²) in [5.74, 6) is 0.0757. The van der Waals surface area contributed by atoms with Crippen molar-refractivity contribution in [2.75, 3.05) is 0 Å². The number of aromatic nitrogens is 2. The largest absolute Gasteiger partial charge is 0.477 e. The molecule has 0 saturated heterocycles. The number of nitrogens with zero attached hydrogens (tertiary/aromatic N) is 2. The number of pyridine rings is 2. The lowest BCUT2D eigenvalue weighted by atomic mass is 9.69. The summed E-state index contributed by atoms with van der Waals surface area (Å²) in [4.78, 5) is 8.99. The molecule has 2 N–H and O–H groups in total. The quantitative estimate of drug-likeness (QED) is 0.423. The zero-order valence-corrected chi connectivity index (χ0v) is 21.6. The highest BCUT2D eigenvalue weighted by molar-refractivity contribution is 9.10. The number of aliphatic hydroxyl groups is 2. The van der Waals surface area contributed by atoms with E-state index in [1.54, 1.807) is 12.3 Å². The number of aliphatic hydroxyl groups excluding tert-OH is 1. The molecule has 1 unspecified atom stereocenters. The van der Waals surface area contributed by atoms with Crippen LogP contribution in [0.1, 0.15) is 17.7 Å². The van der Waals surface area contributed by atoms with Crippen LogP contribution in [0.25, 0.3) is 0 Å². The lowest BCUT2D eigenvalue weighted by Gasteiger charge is -2.42. The number of ether oxygens (including phenoxy) is 1. The second kappa shape index (κ2) is 8.75. The third-order valence-corrected chi connectivity index (χ3v) is 9.26. The van der Waals surface area contributed by atoms with Gasteiger partial charge in [0.1, 0.15) is 17.5 Å². The van der Waals surface area contributed by atoms with Gasteiger partial charge in [0.2, 0.25) is 0 Å². The molecule has 2 aromatic heterocycles. The Labute approximate surface area is 221 Å². The van der Waals surface area contributed by atoms with Crippen LogP contribution in [0.3, 0.4) is 0 Å². The van der Waals surface area contributed by atoms with Crippen LogP contribution >= 0.6 is 39.3 Å². The summed E-state index contributed by atoms with van der Waals surface area (Å²) in [6.07, 6.45) is 11.1.